The molecule has 0 aliphatic rings. The second kappa shape index (κ2) is 10.1. The maximum absolute atomic E-state index is 12.2. The molecule has 150 valence electrons. The Kier molecular flexibility index (Phi) is 8.16. The summed E-state index contributed by atoms with van der Waals surface area (Å²) in [7, 11) is 0. The Hall–Kier alpha value is -1.76. The zero-order valence-corrected chi connectivity index (χ0v) is 18.5. The quantitative estimate of drug-likeness (QED) is 0.441. The molecule has 5 nitrogen and oxygen atoms in total. The molecule has 1 amide bonds. The minimum Gasteiger partial charge on any atom is -0.481 e. The third kappa shape index (κ3) is 6.12. The first kappa shape index (κ1) is 22.5. The van der Waals surface area contributed by atoms with Gasteiger partial charge in [0, 0.05) is 10.4 Å². The van der Waals surface area contributed by atoms with Crippen LogP contribution in [0.2, 0.25) is 10.0 Å². The van der Waals surface area contributed by atoms with E-state index < -0.39 is 5.97 Å². The van der Waals surface area contributed by atoms with Crippen LogP contribution in [0.15, 0.2) is 34.8 Å². The van der Waals surface area contributed by atoms with Gasteiger partial charge in [0.05, 0.1) is 22.2 Å². The minimum absolute atomic E-state index is 0.0451. The number of halogens is 3. The molecule has 2 aromatic carbocycles. The van der Waals surface area contributed by atoms with Crippen molar-refractivity contribution < 1.29 is 19.4 Å². The molecule has 0 aliphatic carbocycles. The Labute approximate surface area is 182 Å². The Morgan fingerprint density at radius 1 is 1.21 bits per heavy atom. The summed E-state index contributed by atoms with van der Waals surface area (Å²) in [6, 6.07) is 8.11. The summed E-state index contributed by atoms with van der Waals surface area (Å²) in [6.07, 6.45) is 1.57. The van der Waals surface area contributed by atoms with E-state index in [0.717, 1.165) is 12.8 Å². The molecule has 0 aliphatic heterocycles. The van der Waals surface area contributed by atoms with Crippen molar-refractivity contribution in [3.63, 3.8) is 0 Å². The van der Waals surface area contributed by atoms with Crippen LogP contribution in [0.4, 0.5) is 5.69 Å². The highest BCUT2D eigenvalue weighted by Crippen LogP contribution is 2.39. The molecule has 2 rings (SSSR count). The number of hydrogen-bond donors (Lipinski definition) is 2. The molecule has 0 aromatic heterocycles. The maximum Gasteiger partial charge on any atom is 0.307 e. The average Bonchev–Trinajstić information content (AvgIpc) is 2.60. The molecule has 28 heavy (non-hydrogen) atoms. The zero-order valence-electron chi connectivity index (χ0n) is 15.4. The van der Waals surface area contributed by atoms with Crippen molar-refractivity contribution in [3.8, 4) is 11.5 Å². The number of ether oxygens (including phenoxy) is 1. The van der Waals surface area contributed by atoms with Gasteiger partial charge in [-0.1, -0.05) is 43.5 Å². The fourth-order valence-electron chi connectivity index (χ4n) is 2.59. The second-order valence-corrected chi connectivity index (χ2v) is 8.05. The highest BCUT2D eigenvalue weighted by molar-refractivity contribution is 9.10. The number of aliphatic carboxylic acids is 1. The van der Waals surface area contributed by atoms with Crippen LogP contribution in [0, 0.1) is 5.92 Å². The number of rotatable bonds is 8. The third-order valence-corrected chi connectivity index (χ3v) is 5.22. The first-order valence-electron chi connectivity index (χ1n) is 8.69. The summed E-state index contributed by atoms with van der Waals surface area (Å²) in [5.41, 5.74) is 1.12. The number of anilines is 1. The average molecular weight is 489 g/mol. The molecule has 0 fully saturated rings. The van der Waals surface area contributed by atoms with Gasteiger partial charge in [-0.25, -0.2) is 0 Å². The highest BCUT2D eigenvalue weighted by Gasteiger charge is 2.16. The summed E-state index contributed by atoms with van der Waals surface area (Å²) >= 11 is 15.8. The minimum atomic E-state index is -0.976. The first-order chi connectivity index (χ1) is 13.2. The van der Waals surface area contributed by atoms with Gasteiger partial charge in [0.2, 0.25) is 5.91 Å². The summed E-state index contributed by atoms with van der Waals surface area (Å²) in [5.74, 6) is -0.402. The van der Waals surface area contributed by atoms with E-state index in [4.69, 9.17) is 33.0 Å². The van der Waals surface area contributed by atoms with Crippen molar-refractivity contribution in [1.29, 1.82) is 0 Å². The van der Waals surface area contributed by atoms with Crippen LogP contribution in [-0.2, 0) is 16.0 Å². The summed E-state index contributed by atoms with van der Waals surface area (Å²) in [5, 5.41) is 12.2. The number of carboxylic acids is 1. The van der Waals surface area contributed by atoms with Crippen LogP contribution >= 0.6 is 39.1 Å². The Balaban J connectivity index is 2.17. The second-order valence-electron chi connectivity index (χ2n) is 6.38. The summed E-state index contributed by atoms with van der Waals surface area (Å²) in [4.78, 5) is 23.0. The predicted octanol–water partition coefficient (Wildman–Crippen LogP) is 6.55. The van der Waals surface area contributed by atoms with Crippen LogP contribution in [0.3, 0.4) is 0 Å². The van der Waals surface area contributed by atoms with E-state index in [1.54, 1.807) is 18.2 Å². The van der Waals surface area contributed by atoms with E-state index in [1.807, 2.05) is 13.8 Å². The zero-order chi connectivity index (χ0) is 20.8. The lowest BCUT2D eigenvalue weighted by atomic mass is 10.1. The predicted molar refractivity (Wildman–Crippen MR) is 115 cm³/mol. The lowest BCUT2D eigenvalue weighted by Gasteiger charge is -2.14. The lowest BCUT2D eigenvalue weighted by Crippen LogP contribution is -2.20. The van der Waals surface area contributed by atoms with Gasteiger partial charge >= 0.3 is 5.97 Å². The fraction of sp³-hybridized carbons (Fsp3) is 0.300. The number of amides is 1. The van der Waals surface area contributed by atoms with E-state index in [0.29, 0.717) is 21.5 Å². The molecular formula is C20H20BrCl2NO4. The van der Waals surface area contributed by atoms with Crippen molar-refractivity contribution >= 4 is 56.7 Å². The molecule has 8 heteroatoms. The van der Waals surface area contributed by atoms with Crippen molar-refractivity contribution in [3.05, 3.63) is 50.4 Å². The van der Waals surface area contributed by atoms with Gasteiger partial charge in [-0.15, -0.1) is 0 Å². The number of benzene rings is 2. The number of hydrogen-bond acceptors (Lipinski definition) is 3. The van der Waals surface area contributed by atoms with Gasteiger partial charge in [0.25, 0.3) is 0 Å². The SMILES string of the molecule is CCCC(C)C(=O)Nc1ccc(Oc2c(Cl)cc(CC(=O)O)cc2Cl)cc1Br. The van der Waals surface area contributed by atoms with Crippen molar-refractivity contribution in [2.75, 3.05) is 5.32 Å². The number of carbonyl (C=O) groups is 2. The molecule has 0 bridgehead atoms. The third-order valence-electron chi connectivity index (χ3n) is 4.00. The molecule has 0 spiro atoms. The van der Waals surface area contributed by atoms with E-state index >= 15 is 0 Å². The van der Waals surface area contributed by atoms with Crippen LogP contribution in [0.25, 0.3) is 0 Å². The molecule has 0 saturated heterocycles. The topological polar surface area (TPSA) is 75.6 Å². The van der Waals surface area contributed by atoms with E-state index in [-0.39, 0.29) is 34.0 Å². The monoisotopic (exact) mass is 487 g/mol. The van der Waals surface area contributed by atoms with E-state index in [2.05, 4.69) is 21.2 Å². The van der Waals surface area contributed by atoms with Crippen LogP contribution in [-0.4, -0.2) is 17.0 Å². The molecule has 2 aromatic rings. The Bertz CT molecular complexity index is 865. The molecule has 2 N–H and O–H groups in total. The van der Waals surface area contributed by atoms with Gasteiger partial charge in [-0.05, 0) is 58.2 Å². The summed E-state index contributed by atoms with van der Waals surface area (Å²) < 4.78 is 6.42. The number of nitrogens with one attached hydrogen (secondary N) is 1. The molecule has 0 radical (unpaired) electrons. The van der Waals surface area contributed by atoms with Crippen LogP contribution < -0.4 is 10.1 Å². The van der Waals surface area contributed by atoms with Gasteiger partial charge in [-0.3, -0.25) is 9.59 Å². The molecule has 1 unspecified atom stereocenters. The first-order valence-corrected chi connectivity index (χ1v) is 10.2. The fourth-order valence-corrected chi connectivity index (χ4v) is 3.65. The Morgan fingerprint density at radius 2 is 1.86 bits per heavy atom. The van der Waals surface area contributed by atoms with Crippen LogP contribution in [0.5, 0.6) is 11.5 Å². The van der Waals surface area contributed by atoms with Crippen molar-refractivity contribution in [2.45, 2.75) is 33.1 Å². The standard InChI is InChI=1S/C20H20BrCl2NO4/c1-3-4-11(2)20(27)24-17-6-5-13(10-14(17)21)28-19-15(22)7-12(8-16(19)23)9-18(25)26/h5-8,10-11H,3-4,9H2,1-2H3,(H,24,27)(H,25,26). The van der Waals surface area contributed by atoms with E-state index in [9.17, 15) is 9.59 Å². The molecule has 0 heterocycles. The number of carbonyl (C=O) groups excluding carboxylic acids is 1. The van der Waals surface area contributed by atoms with Gasteiger partial charge in [0.1, 0.15) is 5.75 Å². The molecule has 0 saturated carbocycles. The summed E-state index contributed by atoms with van der Waals surface area (Å²) in [6.45, 7) is 3.93. The van der Waals surface area contributed by atoms with Gasteiger partial charge in [-0.2, -0.15) is 0 Å². The molecule has 1 atom stereocenters. The van der Waals surface area contributed by atoms with Gasteiger partial charge in [0.15, 0.2) is 5.75 Å². The van der Waals surface area contributed by atoms with Gasteiger partial charge < -0.3 is 15.2 Å². The van der Waals surface area contributed by atoms with E-state index in [1.165, 1.54) is 12.1 Å². The Morgan fingerprint density at radius 3 is 2.39 bits per heavy atom. The maximum atomic E-state index is 12.2. The largest absolute Gasteiger partial charge is 0.481 e. The number of carboxylic acid groups (broad SMARTS) is 1. The lowest BCUT2D eigenvalue weighted by molar-refractivity contribution is -0.136. The molecular weight excluding hydrogens is 469 g/mol. The smallest absolute Gasteiger partial charge is 0.307 e. The highest BCUT2D eigenvalue weighted by atomic mass is 79.9. The van der Waals surface area contributed by atoms with Crippen LogP contribution in [0.1, 0.15) is 32.3 Å². The normalized spacial score (nSPS) is 11.8. The van der Waals surface area contributed by atoms with Crippen molar-refractivity contribution in [1.82, 2.24) is 0 Å². The van der Waals surface area contributed by atoms with Crippen molar-refractivity contribution in [2.24, 2.45) is 5.92 Å².